The lowest BCUT2D eigenvalue weighted by atomic mass is 10.2. The van der Waals surface area contributed by atoms with E-state index in [1.165, 1.54) is 0 Å². The van der Waals surface area contributed by atoms with Gasteiger partial charge in [0.05, 0.1) is 0 Å². The second-order valence-electron chi connectivity index (χ2n) is 2.90. The number of carbonyl (C=O) groups is 1. The minimum absolute atomic E-state index is 0.266. The van der Waals surface area contributed by atoms with Gasteiger partial charge >= 0.3 is 5.97 Å². The number of hydrogen-bond acceptors (Lipinski definition) is 3. The summed E-state index contributed by atoms with van der Waals surface area (Å²) in [5, 5.41) is 15.7. The topological polar surface area (TPSA) is 68.0 Å². The molecular weight excluding hydrogens is 170 g/mol. The third kappa shape index (κ3) is 4.25. The Hall–Kier alpha value is -1.39. The third-order valence-electron chi connectivity index (χ3n) is 1.77. The second-order valence-corrected chi connectivity index (χ2v) is 2.90. The van der Waals surface area contributed by atoms with Crippen molar-refractivity contribution in [3.8, 4) is 0 Å². The highest BCUT2D eigenvalue weighted by molar-refractivity contribution is 5.66. The van der Waals surface area contributed by atoms with Gasteiger partial charge in [-0.05, 0) is 12.8 Å². The average molecular weight is 183 g/mol. The standard InChI is InChI=1S/C8H13N3O2/c12-8(13)4-2-1-3-5-11-6-9-10-7-11/h6-7H,1-5H2,(H,12,13). The molecule has 0 aliphatic heterocycles. The summed E-state index contributed by atoms with van der Waals surface area (Å²) in [5.74, 6) is -0.718. The van der Waals surface area contributed by atoms with Gasteiger partial charge in [0, 0.05) is 13.0 Å². The number of aliphatic carboxylic acids is 1. The lowest BCUT2D eigenvalue weighted by Gasteiger charge is -1.99. The fourth-order valence-corrected chi connectivity index (χ4v) is 1.08. The van der Waals surface area contributed by atoms with Crippen LogP contribution in [-0.2, 0) is 11.3 Å². The molecule has 5 nitrogen and oxygen atoms in total. The highest BCUT2D eigenvalue weighted by Crippen LogP contribution is 2.01. The molecule has 1 N–H and O–H groups in total. The first-order valence-electron chi connectivity index (χ1n) is 4.33. The highest BCUT2D eigenvalue weighted by Gasteiger charge is 1.96. The maximum atomic E-state index is 10.2. The largest absolute Gasteiger partial charge is 0.481 e. The lowest BCUT2D eigenvalue weighted by Crippen LogP contribution is -1.97. The van der Waals surface area contributed by atoms with Crippen molar-refractivity contribution in [1.29, 1.82) is 0 Å². The smallest absolute Gasteiger partial charge is 0.303 e. The van der Waals surface area contributed by atoms with Crippen molar-refractivity contribution in [2.75, 3.05) is 0 Å². The van der Waals surface area contributed by atoms with Crippen LogP contribution in [0.1, 0.15) is 25.7 Å². The van der Waals surface area contributed by atoms with Crippen LogP contribution in [0.4, 0.5) is 0 Å². The average Bonchev–Trinajstić information content (AvgIpc) is 2.55. The molecule has 1 heterocycles. The fourth-order valence-electron chi connectivity index (χ4n) is 1.08. The minimum atomic E-state index is -0.718. The van der Waals surface area contributed by atoms with Crippen LogP contribution in [0.3, 0.4) is 0 Å². The molecular formula is C8H13N3O2. The zero-order chi connectivity index (χ0) is 9.52. The van der Waals surface area contributed by atoms with Gasteiger partial charge in [-0.3, -0.25) is 4.79 Å². The first-order chi connectivity index (χ1) is 6.29. The Bertz CT molecular complexity index is 246. The summed E-state index contributed by atoms with van der Waals surface area (Å²) >= 11 is 0. The number of nitrogens with zero attached hydrogens (tertiary/aromatic N) is 3. The number of aryl methyl sites for hydroxylation is 1. The third-order valence-corrected chi connectivity index (χ3v) is 1.77. The number of hydrogen-bond donors (Lipinski definition) is 1. The molecule has 1 rings (SSSR count). The summed E-state index contributed by atoms with van der Waals surface area (Å²) < 4.78 is 1.89. The summed E-state index contributed by atoms with van der Waals surface area (Å²) in [6.07, 6.45) is 6.25. The van der Waals surface area contributed by atoms with Crippen molar-refractivity contribution in [1.82, 2.24) is 14.8 Å². The van der Waals surface area contributed by atoms with Crippen LogP contribution >= 0.6 is 0 Å². The van der Waals surface area contributed by atoms with Crippen LogP contribution in [0, 0.1) is 0 Å². The van der Waals surface area contributed by atoms with Crippen LogP contribution in [0.25, 0.3) is 0 Å². The van der Waals surface area contributed by atoms with Crippen LogP contribution in [-0.4, -0.2) is 25.8 Å². The molecule has 5 heteroatoms. The van der Waals surface area contributed by atoms with E-state index in [9.17, 15) is 4.79 Å². The molecule has 0 amide bonds. The Morgan fingerprint density at radius 3 is 2.54 bits per heavy atom. The Labute approximate surface area is 76.4 Å². The quantitative estimate of drug-likeness (QED) is 0.666. The van der Waals surface area contributed by atoms with E-state index in [2.05, 4.69) is 10.2 Å². The van der Waals surface area contributed by atoms with Gasteiger partial charge in [-0.1, -0.05) is 6.42 Å². The molecule has 72 valence electrons. The van der Waals surface area contributed by atoms with E-state index >= 15 is 0 Å². The van der Waals surface area contributed by atoms with E-state index in [0.29, 0.717) is 0 Å². The van der Waals surface area contributed by atoms with Gasteiger partial charge in [0.1, 0.15) is 12.7 Å². The van der Waals surface area contributed by atoms with E-state index in [0.717, 1.165) is 25.8 Å². The molecule has 0 radical (unpaired) electrons. The number of carboxylic acid groups (broad SMARTS) is 1. The van der Waals surface area contributed by atoms with E-state index < -0.39 is 5.97 Å². The minimum Gasteiger partial charge on any atom is -0.481 e. The number of carboxylic acids is 1. The maximum absolute atomic E-state index is 10.2. The predicted molar refractivity (Wildman–Crippen MR) is 46.1 cm³/mol. The number of unbranched alkanes of at least 4 members (excludes halogenated alkanes) is 2. The molecule has 0 saturated heterocycles. The number of aromatic nitrogens is 3. The Morgan fingerprint density at radius 2 is 1.92 bits per heavy atom. The predicted octanol–water partition coefficient (Wildman–Crippen LogP) is 0.923. The van der Waals surface area contributed by atoms with Crippen LogP contribution in [0.15, 0.2) is 12.7 Å². The van der Waals surface area contributed by atoms with Crippen molar-refractivity contribution in [2.45, 2.75) is 32.2 Å². The van der Waals surface area contributed by atoms with Crippen molar-refractivity contribution in [3.05, 3.63) is 12.7 Å². The van der Waals surface area contributed by atoms with Gasteiger partial charge in [-0.15, -0.1) is 10.2 Å². The Balaban J connectivity index is 1.99. The molecule has 0 spiro atoms. The first-order valence-corrected chi connectivity index (χ1v) is 4.33. The summed E-state index contributed by atoms with van der Waals surface area (Å²) in [5.41, 5.74) is 0. The summed E-state index contributed by atoms with van der Waals surface area (Å²) in [4.78, 5) is 10.2. The first kappa shape index (κ1) is 9.70. The van der Waals surface area contributed by atoms with Gasteiger partial charge in [-0.25, -0.2) is 0 Å². The highest BCUT2D eigenvalue weighted by atomic mass is 16.4. The SMILES string of the molecule is O=C(O)CCCCCn1cnnc1. The molecule has 0 aliphatic carbocycles. The molecule has 0 bridgehead atoms. The molecule has 0 fully saturated rings. The van der Waals surface area contributed by atoms with Gasteiger partial charge in [0.2, 0.25) is 0 Å². The van der Waals surface area contributed by atoms with E-state index in [1.54, 1.807) is 12.7 Å². The zero-order valence-corrected chi connectivity index (χ0v) is 7.39. The van der Waals surface area contributed by atoms with Crippen molar-refractivity contribution < 1.29 is 9.90 Å². The molecule has 0 unspecified atom stereocenters. The van der Waals surface area contributed by atoms with Crippen molar-refractivity contribution in [3.63, 3.8) is 0 Å². The van der Waals surface area contributed by atoms with Crippen LogP contribution < -0.4 is 0 Å². The van der Waals surface area contributed by atoms with E-state index in [-0.39, 0.29) is 6.42 Å². The van der Waals surface area contributed by atoms with Crippen molar-refractivity contribution >= 4 is 5.97 Å². The van der Waals surface area contributed by atoms with Gasteiger partial charge in [0.25, 0.3) is 0 Å². The molecule has 13 heavy (non-hydrogen) atoms. The lowest BCUT2D eigenvalue weighted by molar-refractivity contribution is -0.137. The van der Waals surface area contributed by atoms with Crippen LogP contribution in [0.2, 0.25) is 0 Å². The second kappa shape index (κ2) is 5.29. The Kier molecular flexibility index (Phi) is 3.95. The zero-order valence-electron chi connectivity index (χ0n) is 7.39. The number of rotatable bonds is 6. The molecule has 1 aromatic heterocycles. The molecule has 1 aromatic rings. The van der Waals surface area contributed by atoms with Gasteiger partial charge in [-0.2, -0.15) is 0 Å². The monoisotopic (exact) mass is 183 g/mol. The van der Waals surface area contributed by atoms with Gasteiger partial charge < -0.3 is 9.67 Å². The van der Waals surface area contributed by atoms with E-state index in [1.807, 2.05) is 4.57 Å². The normalized spacial score (nSPS) is 10.2. The van der Waals surface area contributed by atoms with E-state index in [4.69, 9.17) is 5.11 Å². The molecule has 0 aromatic carbocycles. The van der Waals surface area contributed by atoms with Crippen molar-refractivity contribution in [2.24, 2.45) is 0 Å². The fraction of sp³-hybridized carbons (Fsp3) is 0.625. The van der Waals surface area contributed by atoms with Gasteiger partial charge in [0.15, 0.2) is 0 Å². The molecule has 0 aliphatic rings. The Morgan fingerprint density at radius 1 is 1.23 bits per heavy atom. The molecule has 0 atom stereocenters. The van der Waals surface area contributed by atoms with Crippen LogP contribution in [0.5, 0.6) is 0 Å². The molecule has 0 saturated carbocycles. The summed E-state index contributed by atoms with van der Waals surface area (Å²) in [6.45, 7) is 0.868. The summed E-state index contributed by atoms with van der Waals surface area (Å²) in [7, 11) is 0. The summed E-state index contributed by atoms with van der Waals surface area (Å²) in [6, 6.07) is 0. The maximum Gasteiger partial charge on any atom is 0.303 e.